The van der Waals surface area contributed by atoms with E-state index in [1.54, 1.807) is 32.2 Å². The van der Waals surface area contributed by atoms with Gasteiger partial charge in [0.1, 0.15) is 17.1 Å². The molecule has 0 saturated heterocycles. The molecule has 0 radical (unpaired) electrons. The monoisotopic (exact) mass is 304 g/mol. The fraction of sp³-hybridized carbons (Fsp3) is 0.188. The zero-order valence-corrected chi connectivity index (χ0v) is 12.6. The smallest absolute Gasteiger partial charge is 0.341 e. The predicted molar refractivity (Wildman–Crippen MR) is 81.2 cm³/mol. The van der Waals surface area contributed by atoms with E-state index in [0.29, 0.717) is 0 Å². The third kappa shape index (κ3) is 3.92. The van der Waals surface area contributed by atoms with Gasteiger partial charge in [-0.3, -0.25) is 0 Å². The summed E-state index contributed by atoms with van der Waals surface area (Å²) in [6, 6.07) is 12.5. The lowest BCUT2D eigenvalue weighted by molar-refractivity contribution is 0.0523. The minimum Gasteiger partial charge on any atom is -0.507 e. The summed E-state index contributed by atoms with van der Waals surface area (Å²) in [7, 11) is 1.62. The molecule has 0 aliphatic rings. The lowest BCUT2D eigenvalue weighted by atomic mass is 10.2. The number of ether oxygens (including phenoxy) is 2. The van der Waals surface area contributed by atoms with E-state index in [9.17, 15) is 9.90 Å². The summed E-state index contributed by atoms with van der Waals surface area (Å²) in [5.74, 6) is 0.197. The molecular weight excluding hydrogens is 288 g/mol. The van der Waals surface area contributed by atoms with Crippen molar-refractivity contribution in [3.8, 4) is 11.5 Å². The molecule has 1 N–H and O–H groups in total. The highest BCUT2D eigenvalue weighted by molar-refractivity contribution is 7.99. The molecule has 0 amide bonds. The van der Waals surface area contributed by atoms with Gasteiger partial charge < -0.3 is 14.6 Å². The molecule has 0 fully saturated rings. The van der Waals surface area contributed by atoms with Gasteiger partial charge in [0.2, 0.25) is 0 Å². The number of phenolic OH excluding ortho intramolecular Hbond substituents is 1. The van der Waals surface area contributed by atoms with Crippen molar-refractivity contribution in [1.29, 1.82) is 0 Å². The zero-order valence-electron chi connectivity index (χ0n) is 11.8. The summed E-state index contributed by atoms with van der Waals surface area (Å²) in [6.07, 6.45) is 0. The van der Waals surface area contributed by atoms with Crippen molar-refractivity contribution in [1.82, 2.24) is 0 Å². The second-order valence-electron chi connectivity index (χ2n) is 4.18. The number of hydrogen-bond acceptors (Lipinski definition) is 5. The number of aromatic hydroxyl groups is 1. The number of carbonyl (C=O) groups excluding carboxylic acids is 1. The third-order valence-electron chi connectivity index (χ3n) is 2.76. The van der Waals surface area contributed by atoms with Gasteiger partial charge in [0.25, 0.3) is 0 Å². The lowest BCUT2D eigenvalue weighted by Gasteiger charge is -2.07. The first-order valence-corrected chi connectivity index (χ1v) is 7.27. The molecule has 0 aromatic heterocycles. The summed E-state index contributed by atoms with van der Waals surface area (Å²) < 4.78 is 9.98. The van der Waals surface area contributed by atoms with Crippen LogP contribution in [0.5, 0.6) is 11.5 Å². The lowest BCUT2D eigenvalue weighted by Crippen LogP contribution is -2.04. The first-order chi connectivity index (χ1) is 10.1. The second kappa shape index (κ2) is 7.04. The summed E-state index contributed by atoms with van der Waals surface area (Å²) in [4.78, 5) is 13.5. The summed E-state index contributed by atoms with van der Waals surface area (Å²) in [5, 5.41) is 9.91. The van der Waals surface area contributed by atoms with E-state index < -0.39 is 5.97 Å². The number of rotatable bonds is 5. The molecular formula is C16H16O4S. The Kier molecular flexibility index (Phi) is 5.11. The van der Waals surface area contributed by atoms with Crippen LogP contribution in [-0.2, 0) is 4.74 Å². The van der Waals surface area contributed by atoms with E-state index in [-0.39, 0.29) is 17.9 Å². The number of carbonyl (C=O) groups is 1. The molecule has 4 nitrogen and oxygen atoms in total. The fourth-order valence-electron chi connectivity index (χ4n) is 1.74. The highest BCUT2D eigenvalue weighted by Crippen LogP contribution is 2.32. The van der Waals surface area contributed by atoms with Crippen molar-refractivity contribution in [2.24, 2.45) is 0 Å². The molecule has 0 spiro atoms. The van der Waals surface area contributed by atoms with Gasteiger partial charge in [-0.1, -0.05) is 11.8 Å². The van der Waals surface area contributed by atoms with Crippen LogP contribution in [0, 0.1) is 0 Å². The quantitative estimate of drug-likeness (QED) is 0.853. The Morgan fingerprint density at radius 2 is 1.81 bits per heavy atom. The Bertz CT molecular complexity index is 623. The van der Waals surface area contributed by atoms with Gasteiger partial charge in [-0.05, 0) is 49.4 Å². The van der Waals surface area contributed by atoms with Crippen molar-refractivity contribution in [2.45, 2.75) is 16.7 Å². The predicted octanol–water partition coefficient (Wildman–Crippen LogP) is 3.73. The van der Waals surface area contributed by atoms with Crippen molar-refractivity contribution < 1.29 is 19.4 Å². The Morgan fingerprint density at radius 1 is 1.14 bits per heavy atom. The van der Waals surface area contributed by atoms with Crippen LogP contribution in [0.4, 0.5) is 0 Å². The molecule has 0 saturated carbocycles. The molecule has 21 heavy (non-hydrogen) atoms. The van der Waals surface area contributed by atoms with Gasteiger partial charge >= 0.3 is 5.97 Å². The standard InChI is InChI=1S/C16H16O4S/c1-3-20-16(18)14-9-8-13(10-15(14)17)21-12-6-4-11(19-2)5-7-12/h4-10,17H,3H2,1-2H3. The van der Waals surface area contributed by atoms with Gasteiger partial charge in [-0.2, -0.15) is 0 Å². The summed E-state index contributed by atoms with van der Waals surface area (Å²) in [5.41, 5.74) is 0.177. The van der Waals surface area contributed by atoms with Gasteiger partial charge in [-0.15, -0.1) is 0 Å². The molecule has 0 aliphatic carbocycles. The van der Waals surface area contributed by atoms with Gasteiger partial charge in [0, 0.05) is 9.79 Å². The largest absolute Gasteiger partial charge is 0.507 e. The maximum Gasteiger partial charge on any atom is 0.341 e. The highest BCUT2D eigenvalue weighted by atomic mass is 32.2. The highest BCUT2D eigenvalue weighted by Gasteiger charge is 2.12. The molecule has 0 bridgehead atoms. The first-order valence-electron chi connectivity index (χ1n) is 6.46. The molecule has 2 aromatic carbocycles. The molecule has 2 rings (SSSR count). The number of esters is 1. The van der Waals surface area contributed by atoms with Crippen LogP contribution in [0.25, 0.3) is 0 Å². The number of benzene rings is 2. The van der Waals surface area contributed by atoms with Crippen LogP contribution in [0.2, 0.25) is 0 Å². The van der Waals surface area contributed by atoms with Crippen LogP contribution in [-0.4, -0.2) is 24.8 Å². The van der Waals surface area contributed by atoms with Gasteiger partial charge in [0.15, 0.2) is 0 Å². The SMILES string of the molecule is CCOC(=O)c1ccc(Sc2ccc(OC)cc2)cc1O. The molecule has 2 aromatic rings. The minimum absolute atomic E-state index is 0.0769. The number of methoxy groups -OCH3 is 1. The summed E-state index contributed by atoms with van der Waals surface area (Å²) >= 11 is 1.49. The van der Waals surface area contributed by atoms with Gasteiger partial charge in [-0.25, -0.2) is 4.79 Å². The van der Waals surface area contributed by atoms with Crippen molar-refractivity contribution >= 4 is 17.7 Å². The van der Waals surface area contributed by atoms with E-state index in [1.807, 2.05) is 24.3 Å². The van der Waals surface area contributed by atoms with Crippen molar-refractivity contribution in [3.63, 3.8) is 0 Å². The zero-order chi connectivity index (χ0) is 15.2. The Labute approximate surface area is 127 Å². The maximum absolute atomic E-state index is 11.6. The normalized spacial score (nSPS) is 10.2. The van der Waals surface area contributed by atoms with Crippen LogP contribution in [0.3, 0.4) is 0 Å². The Hall–Kier alpha value is -2.14. The van der Waals surface area contributed by atoms with Crippen LogP contribution in [0.15, 0.2) is 52.3 Å². The van der Waals surface area contributed by atoms with Gasteiger partial charge in [0.05, 0.1) is 13.7 Å². The molecule has 0 atom stereocenters. The van der Waals surface area contributed by atoms with E-state index in [0.717, 1.165) is 15.5 Å². The Morgan fingerprint density at radius 3 is 2.38 bits per heavy atom. The average Bonchev–Trinajstić information content (AvgIpc) is 2.48. The van der Waals surface area contributed by atoms with Crippen LogP contribution in [0.1, 0.15) is 17.3 Å². The van der Waals surface area contributed by atoms with E-state index in [2.05, 4.69) is 0 Å². The molecule has 110 valence electrons. The minimum atomic E-state index is -0.518. The van der Waals surface area contributed by atoms with E-state index in [1.165, 1.54) is 11.8 Å². The average molecular weight is 304 g/mol. The first kappa shape index (κ1) is 15.3. The van der Waals surface area contributed by atoms with Crippen LogP contribution >= 0.6 is 11.8 Å². The third-order valence-corrected chi connectivity index (χ3v) is 3.76. The topological polar surface area (TPSA) is 55.8 Å². The van der Waals surface area contributed by atoms with Crippen molar-refractivity contribution in [2.75, 3.05) is 13.7 Å². The number of phenols is 1. The maximum atomic E-state index is 11.6. The van der Waals surface area contributed by atoms with E-state index >= 15 is 0 Å². The second-order valence-corrected chi connectivity index (χ2v) is 5.32. The molecule has 0 heterocycles. The Balaban J connectivity index is 2.14. The number of hydrogen-bond donors (Lipinski definition) is 1. The van der Waals surface area contributed by atoms with Crippen molar-refractivity contribution in [3.05, 3.63) is 48.0 Å². The molecule has 0 aliphatic heterocycles. The summed E-state index contributed by atoms with van der Waals surface area (Å²) in [6.45, 7) is 2.00. The fourth-order valence-corrected chi connectivity index (χ4v) is 2.59. The molecule has 0 unspecified atom stereocenters. The van der Waals surface area contributed by atoms with E-state index in [4.69, 9.17) is 9.47 Å². The van der Waals surface area contributed by atoms with Crippen LogP contribution < -0.4 is 4.74 Å². The molecule has 5 heteroatoms.